The van der Waals surface area contributed by atoms with Crippen molar-refractivity contribution in [1.29, 1.82) is 0 Å². The van der Waals surface area contributed by atoms with E-state index in [1.54, 1.807) is 7.11 Å². The summed E-state index contributed by atoms with van der Waals surface area (Å²) in [6.07, 6.45) is 1.27. The van der Waals surface area contributed by atoms with Crippen LogP contribution < -0.4 is 10.1 Å². The number of ether oxygens (including phenoxy) is 2. The fourth-order valence-electron chi connectivity index (χ4n) is 3.11. The van der Waals surface area contributed by atoms with E-state index in [4.69, 9.17) is 9.47 Å². The molecular weight excluding hydrogens is 268 g/mol. The van der Waals surface area contributed by atoms with Crippen molar-refractivity contribution in [2.45, 2.75) is 19.1 Å². The predicted molar refractivity (Wildman–Crippen MR) is 79.1 cm³/mol. The van der Waals surface area contributed by atoms with Crippen molar-refractivity contribution in [3.8, 4) is 5.75 Å². The van der Waals surface area contributed by atoms with Crippen molar-refractivity contribution in [2.24, 2.45) is 5.92 Å². The van der Waals surface area contributed by atoms with Crippen molar-refractivity contribution < 1.29 is 14.3 Å². The molecule has 1 aromatic carbocycles. The minimum Gasteiger partial charge on any atom is -0.496 e. The van der Waals surface area contributed by atoms with E-state index in [1.165, 1.54) is 0 Å². The Morgan fingerprint density at radius 1 is 1.43 bits per heavy atom. The first-order chi connectivity index (χ1) is 10.3. The third-order valence-corrected chi connectivity index (χ3v) is 4.35. The molecule has 3 rings (SSSR count). The molecule has 21 heavy (non-hydrogen) atoms. The third kappa shape index (κ3) is 3.19. The molecule has 0 aliphatic carbocycles. The van der Waals surface area contributed by atoms with Crippen molar-refractivity contribution in [3.05, 3.63) is 29.8 Å². The molecule has 0 aromatic heterocycles. The molecule has 1 amide bonds. The fraction of sp³-hybridized carbons (Fsp3) is 0.562. The summed E-state index contributed by atoms with van der Waals surface area (Å²) in [5.74, 6) is 1.40. The SMILES string of the molecule is COc1ccccc1CN1CC(C2CCNC2)OCC1=O. The monoisotopic (exact) mass is 290 g/mol. The number of nitrogens with one attached hydrogen (secondary N) is 1. The van der Waals surface area contributed by atoms with Gasteiger partial charge in [0.25, 0.3) is 0 Å². The highest BCUT2D eigenvalue weighted by molar-refractivity contribution is 5.78. The first-order valence-corrected chi connectivity index (χ1v) is 7.50. The molecule has 114 valence electrons. The zero-order chi connectivity index (χ0) is 14.7. The molecule has 2 heterocycles. The lowest BCUT2D eigenvalue weighted by Crippen LogP contribution is -2.49. The normalized spacial score (nSPS) is 26.1. The average Bonchev–Trinajstić information content (AvgIpc) is 3.04. The number of benzene rings is 1. The van der Waals surface area contributed by atoms with Gasteiger partial charge in [0.05, 0.1) is 13.2 Å². The van der Waals surface area contributed by atoms with E-state index in [0.717, 1.165) is 30.8 Å². The maximum absolute atomic E-state index is 12.1. The number of nitrogens with zero attached hydrogens (tertiary/aromatic N) is 1. The van der Waals surface area contributed by atoms with Gasteiger partial charge >= 0.3 is 0 Å². The van der Waals surface area contributed by atoms with Gasteiger partial charge in [-0.1, -0.05) is 18.2 Å². The predicted octanol–water partition coefficient (Wildman–Crippen LogP) is 1.03. The summed E-state index contributed by atoms with van der Waals surface area (Å²) in [4.78, 5) is 14.0. The standard InChI is InChI=1S/C16H22N2O3/c1-20-14-5-3-2-4-13(14)9-18-10-15(21-11-16(18)19)12-6-7-17-8-12/h2-5,12,15,17H,6-11H2,1H3. The van der Waals surface area contributed by atoms with Crippen molar-refractivity contribution >= 4 is 5.91 Å². The van der Waals surface area contributed by atoms with Gasteiger partial charge in [-0.25, -0.2) is 0 Å². The molecular formula is C16H22N2O3. The maximum atomic E-state index is 12.1. The molecule has 2 atom stereocenters. The van der Waals surface area contributed by atoms with Crippen LogP contribution in [0.3, 0.4) is 0 Å². The van der Waals surface area contributed by atoms with Gasteiger partial charge in [-0.05, 0) is 19.0 Å². The van der Waals surface area contributed by atoms with E-state index in [2.05, 4.69) is 5.32 Å². The number of hydrogen-bond acceptors (Lipinski definition) is 4. The van der Waals surface area contributed by atoms with Crippen LogP contribution in [-0.2, 0) is 16.1 Å². The number of carbonyl (C=O) groups is 1. The molecule has 2 aliphatic heterocycles. The van der Waals surface area contributed by atoms with E-state index in [-0.39, 0.29) is 18.6 Å². The van der Waals surface area contributed by atoms with E-state index in [0.29, 0.717) is 19.0 Å². The van der Waals surface area contributed by atoms with Gasteiger partial charge in [0.15, 0.2) is 0 Å². The Bertz CT molecular complexity index is 500. The molecule has 2 fully saturated rings. The Kier molecular flexibility index (Phi) is 4.41. The molecule has 0 radical (unpaired) electrons. The second-order valence-electron chi connectivity index (χ2n) is 5.69. The third-order valence-electron chi connectivity index (χ3n) is 4.35. The van der Waals surface area contributed by atoms with Gasteiger partial charge in [-0.2, -0.15) is 0 Å². The number of methoxy groups -OCH3 is 1. The van der Waals surface area contributed by atoms with Gasteiger partial charge in [-0.3, -0.25) is 4.79 Å². The fourth-order valence-corrected chi connectivity index (χ4v) is 3.11. The molecule has 5 heteroatoms. The number of amides is 1. The second-order valence-corrected chi connectivity index (χ2v) is 5.69. The summed E-state index contributed by atoms with van der Waals surface area (Å²) in [7, 11) is 1.66. The van der Waals surface area contributed by atoms with Gasteiger partial charge in [0.2, 0.25) is 5.91 Å². The zero-order valence-corrected chi connectivity index (χ0v) is 12.4. The summed E-state index contributed by atoms with van der Waals surface area (Å²) >= 11 is 0. The molecule has 0 saturated carbocycles. The van der Waals surface area contributed by atoms with E-state index in [1.807, 2.05) is 29.2 Å². The minimum atomic E-state index is 0.0584. The topological polar surface area (TPSA) is 50.8 Å². The van der Waals surface area contributed by atoms with Crippen LogP contribution in [0, 0.1) is 5.92 Å². The zero-order valence-electron chi connectivity index (χ0n) is 12.4. The van der Waals surface area contributed by atoms with Gasteiger partial charge in [0, 0.05) is 31.1 Å². The van der Waals surface area contributed by atoms with Crippen molar-refractivity contribution in [3.63, 3.8) is 0 Å². The van der Waals surface area contributed by atoms with Crippen LogP contribution in [-0.4, -0.2) is 50.3 Å². The van der Waals surface area contributed by atoms with E-state index < -0.39 is 0 Å². The Balaban J connectivity index is 1.69. The van der Waals surface area contributed by atoms with Crippen LogP contribution in [0.15, 0.2) is 24.3 Å². The smallest absolute Gasteiger partial charge is 0.248 e. The summed E-state index contributed by atoms with van der Waals surface area (Å²) < 4.78 is 11.1. The van der Waals surface area contributed by atoms with Crippen LogP contribution in [0.2, 0.25) is 0 Å². The minimum absolute atomic E-state index is 0.0584. The van der Waals surface area contributed by atoms with E-state index >= 15 is 0 Å². The maximum Gasteiger partial charge on any atom is 0.248 e. The van der Waals surface area contributed by atoms with E-state index in [9.17, 15) is 4.79 Å². The first-order valence-electron chi connectivity index (χ1n) is 7.50. The Morgan fingerprint density at radius 3 is 3.05 bits per heavy atom. The van der Waals surface area contributed by atoms with Crippen molar-refractivity contribution in [2.75, 3.05) is 33.4 Å². The van der Waals surface area contributed by atoms with Gasteiger partial charge in [0.1, 0.15) is 12.4 Å². The lowest BCUT2D eigenvalue weighted by atomic mass is 9.99. The van der Waals surface area contributed by atoms with Crippen LogP contribution in [0.5, 0.6) is 5.75 Å². The van der Waals surface area contributed by atoms with Crippen LogP contribution in [0.1, 0.15) is 12.0 Å². The second kappa shape index (κ2) is 6.45. The van der Waals surface area contributed by atoms with Crippen LogP contribution in [0.25, 0.3) is 0 Å². The lowest BCUT2D eigenvalue weighted by molar-refractivity contribution is -0.152. The number of rotatable bonds is 4. The summed E-state index contributed by atoms with van der Waals surface area (Å²) in [5, 5.41) is 3.36. The molecule has 0 spiro atoms. The van der Waals surface area contributed by atoms with Gasteiger partial charge < -0.3 is 19.7 Å². The Morgan fingerprint density at radius 2 is 2.29 bits per heavy atom. The summed E-state index contributed by atoms with van der Waals surface area (Å²) in [6, 6.07) is 7.85. The summed E-state index contributed by atoms with van der Waals surface area (Å²) in [5.41, 5.74) is 1.04. The Labute approximate surface area is 125 Å². The quantitative estimate of drug-likeness (QED) is 0.900. The van der Waals surface area contributed by atoms with Crippen molar-refractivity contribution in [1.82, 2.24) is 10.2 Å². The molecule has 1 aromatic rings. The highest BCUT2D eigenvalue weighted by atomic mass is 16.5. The molecule has 1 N–H and O–H groups in total. The lowest BCUT2D eigenvalue weighted by Gasteiger charge is -2.35. The molecule has 2 aliphatic rings. The highest BCUT2D eigenvalue weighted by Crippen LogP contribution is 2.24. The molecule has 2 unspecified atom stereocenters. The Hall–Kier alpha value is -1.59. The number of para-hydroxylation sites is 1. The number of carbonyl (C=O) groups excluding carboxylic acids is 1. The highest BCUT2D eigenvalue weighted by Gasteiger charge is 2.33. The molecule has 0 bridgehead atoms. The number of hydrogen-bond donors (Lipinski definition) is 1. The molecule has 2 saturated heterocycles. The van der Waals surface area contributed by atoms with Crippen LogP contribution >= 0.6 is 0 Å². The average molecular weight is 290 g/mol. The molecule has 5 nitrogen and oxygen atoms in total. The largest absolute Gasteiger partial charge is 0.496 e. The van der Waals surface area contributed by atoms with Gasteiger partial charge in [-0.15, -0.1) is 0 Å². The number of morpholine rings is 1. The summed E-state index contributed by atoms with van der Waals surface area (Å²) in [6.45, 7) is 3.48. The first kappa shape index (κ1) is 14.4. The van der Waals surface area contributed by atoms with Crippen LogP contribution in [0.4, 0.5) is 0 Å².